The summed E-state index contributed by atoms with van der Waals surface area (Å²) in [7, 11) is 1.59. The molecule has 0 unspecified atom stereocenters. The fraction of sp³-hybridized carbons (Fsp3) is 0.500. The highest BCUT2D eigenvalue weighted by Crippen LogP contribution is 2.11. The Hall–Kier alpha value is -1.42. The summed E-state index contributed by atoms with van der Waals surface area (Å²) >= 11 is 0. The van der Waals surface area contributed by atoms with E-state index in [0.29, 0.717) is 13.2 Å². The van der Waals surface area contributed by atoms with E-state index >= 15 is 0 Å². The van der Waals surface area contributed by atoms with Crippen molar-refractivity contribution >= 4 is 5.91 Å². The van der Waals surface area contributed by atoms with Gasteiger partial charge in [0.2, 0.25) is 5.91 Å². The number of rotatable bonds is 6. The van der Waals surface area contributed by atoms with Crippen LogP contribution in [0.5, 0.6) is 0 Å². The standard InChI is InChI=1S/C14H20FNO2/c1-10(2)13(9-18-3)14(17)16-8-11-4-6-12(15)7-5-11/h4-7,10,13H,8-9H2,1-3H3,(H,16,17)/t13-/m0/s1. The van der Waals surface area contributed by atoms with Crippen molar-refractivity contribution < 1.29 is 13.9 Å². The number of amides is 1. The van der Waals surface area contributed by atoms with E-state index < -0.39 is 0 Å². The third-order valence-electron chi connectivity index (χ3n) is 2.87. The Morgan fingerprint density at radius 3 is 2.44 bits per heavy atom. The summed E-state index contributed by atoms with van der Waals surface area (Å²) in [4.78, 5) is 11.9. The van der Waals surface area contributed by atoms with Crippen LogP contribution in [-0.2, 0) is 16.1 Å². The van der Waals surface area contributed by atoms with Gasteiger partial charge in [0.1, 0.15) is 5.82 Å². The molecule has 1 rings (SSSR count). The average molecular weight is 253 g/mol. The van der Waals surface area contributed by atoms with E-state index in [1.807, 2.05) is 13.8 Å². The van der Waals surface area contributed by atoms with E-state index in [2.05, 4.69) is 5.32 Å². The number of carbonyl (C=O) groups excluding carboxylic acids is 1. The smallest absolute Gasteiger partial charge is 0.225 e. The maximum absolute atomic E-state index is 12.7. The summed E-state index contributed by atoms with van der Waals surface area (Å²) in [5.41, 5.74) is 0.879. The van der Waals surface area contributed by atoms with E-state index in [9.17, 15) is 9.18 Å². The van der Waals surface area contributed by atoms with Crippen LogP contribution in [0, 0.1) is 17.7 Å². The molecular weight excluding hydrogens is 233 g/mol. The van der Waals surface area contributed by atoms with Crippen LogP contribution in [0.15, 0.2) is 24.3 Å². The summed E-state index contributed by atoms with van der Waals surface area (Å²) in [5, 5.41) is 2.84. The quantitative estimate of drug-likeness (QED) is 0.845. The van der Waals surface area contributed by atoms with Crippen LogP contribution in [0.25, 0.3) is 0 Å². The highest BCUT2D eigenvalue weighted by atomic mass is 19.1. The highest BCUT2D eigenvalue weighted by Gasteiger charge is 2.21. The van der Waals surface area contributed by atoms with Crippen molar-refractivity contribution in [2.24, 2.45) is 11.8 Å². The molecule has 0 aliphatic rings. The molecule has 1 aromatic carbocycles. The van der Waals surface area contributed by atoms with Gasteiger partial charge in [0, 0.05) is 13.7 Å². The molecule has 0 saturated heterocycles. The van der Waals surface area contributed by atoms with Crippen LogP contribution in [-0.4, -0.2) is 19.6 Å². The van der Waals surface area contributed by atoms with Gasteiger partial charge < -0.3 is 10.1 Å². The Morgan fingerprint density at radius 1 is 1.33 bits per heavy atom. The largest absolute Gasteiger partial charge is 0.384 e. The molecule has 0 bridgehead atoms. The van der Waals surface area contributed by atoms with Crippen molar-refractivity contribution in [3.63, 3.8) is 0 Å². The van der Waals surface area contributed by atoms with E-state index in [-0.39, 0.29) is 23.6 Å². The first-order valence-corrected chi connectivity index (χ1v) is 6.05. The third-order valence-corrected chi connectivity index (χ3v) is 2.87. The number of hydrogen-bond donors (Lipinski definition) is 1. The molecule has 0 saturated carbocycles. The Balaban J connectivity index is 2.51. The molecule has 0 radical (unpaired) electrons. The molecule has 1 aromatic rings. The highest BCUT2D eigenvalue weighted by molar-refractivity contribution is 5.79. The van der Waals surface area contributed by atoms with Crippen LogP contribution >= 0.6 is 0 Å². The van der Waals surface area contributed by atoms with Crippen molar-refractivity contribution in [1.82, 2.24) is 5.32 Å². The van der Waals surface area contributed by atoms with E-state index in [4.69, 9.17) is 4.74 Å². The van der Waals surface area contributed by atoms with Crippen molar-refractivity contribution in [2.45, 2.75) is 20.4 Å². The molecule has 4 heteroatoms. The average Bonchev–Trinajstić information content (AvgIpc) is 2.34. The molecule has 1 atom stereocenters. The van der Waals surface area contributed by atoms with Crippen molar-refractivity contribution in [2.75, 3.05) is 13.7 Å². The van der Waals surface area contributed by atoms with E-state index in [0.717, 1.165) is 5.56 Å². The lowest BCUT2D eigenvalue weighted by Gasteiger charge is -2.19. The second-order valence-corrected chi connectivity index (χ2v) is 4.65. The Bertz CT molecular complexity index is 376. The number of benzene rings is 1. The monoisotopic (exact) mass is 253 g/mol. The van der Waals surface area contributed by atoms with Gasteiger partial charge in [-0.15, -0.1) is 0 Å². The predicted octanol–water partition coefficient (Wildman–Crippen LogP) is 2.36. The lowest BCUT2D eigenvalue weighted by molar-refractivity contribution is -0.128. The van der Waals surface area contributed by atoms with Crippen LogP contribution in [0.4, 0.5) is 4.39 Å². The van der Waals surface area contributed by atoms with Crippen molar-refractivity contribution in [1.29, 1.82) is 0 Å². The molecule has 0 spiro atoms. The Morgan fingerprint density at radius 2 is 1.94 bits per heavy atom. The van der Waals surface area contributed by atoms with Crippen LogP contribution in [0.2, 0.25) is 0 Å². The SMILES string of the molecule is COC[C@H](C(=O)NCc1ccc(F)cc1)C(C)C. The molecule has 3 nitrogen and oxygen atoms in total. The number of carbonyl (C=O) groups is 1. The molecule has 0 heterocycles. The lowest BCUT2D eigenvalue weighted by atomic mass is 9.96. The first-order valence-electron chi connectivity index (χ1n) is 6.05. The topological polar surface area (TPSA) is 38.3 Å². The molecular formula is C14H20FNO2. The molecule has 1 amide bonds. The van der Waals surface area contributed by atoms with E-state index in [1.54, 1.807) is 19.2 Å². The summed E-state index contributed by atoms with van der Waals surface area (Å²) in [5.74, 6) is -0.241. The fourth-order valence-electron chi connectivity index (χ4n) is 1.67. The molecule has 0 aromatic heterocycles. The van der Waals surface area contributed by atoms with Crippen LogP contribution in [0.3, 0.4) is 0 Å². The summed E-state index contributed by atoms with van der Waals surface area (Å²) < 4.78 is 17.8. The van der Waals surface area contributed by atoms with Gasteiger partial charge in [-0.05, 0) is 23.6 Å². The van der Waals surface area contributed by atoms with Crippen molar-refractivity contribution in [3.05, 3.63) is 35.6 Å². The van der Waals surface area contributed by atoms with Gasteiger partial charge in [-0.25, -0.2) is 4.39 Å². The Labute approximate surface area is 107 Å². The summed E-state index contributed by atoms with van der Waals surface area (Å²) in [6, 6.07) is 6.10. The zero-order valence-electron chi connectivity index (χ0n) is 11.1. The van der Waals surface area contributed by atoms with Crippen LogP contribution < -0.4 is 5.32 Å². The first-order chi connectivity index (χ1) is 8.54. The van der Waals surface area contributed by atoms with Gasteiger partial charge in [0.15, 0.2) is 0 Å². The molecule has 0 aliphatic heterocycles. The molecule has 18 heavy (non-hydrogen) atoms. The molecule has 1 N–H and O–H groups in total. The lowest BCUT2D eigenvalue weighted by Crippen LogP contribution is -2.35. The zero-order valence-corrected chi connectivity index (χ0v) is 11.1. The van der Waals surface area contributed by atoms with E-state index in [1.165, 1.54) is 12.1 Å². The summed E-state index contributed by atoms with van der Waals surface area (Å²) in [6.45, 7) is 4.79. The molecule has 0 fully saturated rings. The summed E-state index contributed by atoms with van der Waals surface area (Å²) in [6.07, 6.45) is 0. The number of nitrogens with one attached hydrogen (secondary N) is 1. The minimum Gasteiger partial charge on any atom is -0.384 e. The minimum atomic E-state index is -0.274. The third kappa shape index (κ3) is 4.45. The van der Waals surface area contributed by atoms with Gasteiger partial charge >= 0.3 is 0 Å². The van der Waals surface area contributed by atoms with Gasteiger partial charge in [-0.3, -0.25) is 4.79 Å². The second-order valence-electron chi connectivity index (χ2n) is 4.65. The molecule has 0 aliphatic carbocycles. The predicted molar refractivity (Wildman–Crippen MR) is 68.5 cm³/mol. The number of hydrogen-bond acceptors (Lipinski definition) is 2. The van der Waals surface area contributed by atoms with Crippen molar-refractivity contribution in [3.8, 4) is 0 Å². The van der Waals surface area contributed by atoms with Gasteiger partial charge in [0.25, 0.3) is 0 Å². The van der Waals surface area contributed by atoms with Gasteiger partial charge in [-0.1, -0.05) is 26.0 Å². The number of ether oxygens (including phenoxy) is 1. The number of methoxy groups -OCH3 is 1. The Kier molecular flexibility index (Phi) is 5.78. The second kappa shape index (κ2) is 7.11. The van der Waals surface area contributed by atoms with Crippen LogP contribution in [0.1, 0.15) is 19.4 Å². The maximum atomic E-state index is 12.7. The van der Waals surface area contributed by atoms with Gasteiger partial charge in [-0.2, -0.15) is 0 Å². The minimum absolute atomic E-state index is 0.0313. The fourth-order valence-corrected chi connectivity index (χ4v) is 1.67. The first kappa shape index (κ1) is 14.6. The normalized spacial score (nSPS) is 12.5. The number of halogens is 1. The molecule has 100 valence electrons. The maximum Gasteiger partial charge on any atom is 0.225 e. The van der Waals surface area contributed by atoms with Gasteiger partial charge in [0.05, 0.1) is 12.5 Å². The zero-order chi connectivity index (χ0) is 13.5.